The third-order valence-electron chi connectivity index (χ3n) is 5.47. The molecule has 0 aliphatic carbocycles. The van der Waals surface area contributed by atoms with Gasteiger partial charge in [0.15, 0.2) is 0 Å². The van der Waals surface area contributed by atoms with Crippen LogP contribution in [0.25, 0.3) is 10.6 Å². The Morgan fingerprint density at radius 3 is 2.79 bits per heavy atom. The number of benzene rings is 1. The minimum atomic E-state index is -4.73. The molecule has 13 heteroatoms. The number of nitrogens with zero attached hydrogens (tertiary/aromatic N) is 2. The number of carbonyl (C=O) groups is 1. The quantitative estimate of drug-likeness (QED) is 0.474. The fraction of sp³-hybridized carbons (Fsp3) is 0.286. The predicted octanol–water partition coefficient (Wildman–Crippen LogP) is 4.12. The molecule has 0 spiro atoms. The Hall–Kier alpha value is -2.54. The number of anilines is 2. The number of amides is 1. The molecular formula is C21H17ClF3N5O2S2. The summed E-state index contributed by atoms with van der Waals surface area (Å²) in [7, 11) is -1.50. The van der Waals surface area contributed by atoms with Gasteiger partial charge in [-0.05, 0) is 42.3 Å². The van der Waals surface area contributed by atoms with E-state index in [2.05, 4.69) is 25.9 Å². The lowest BCUT2D eigenvalue weighted by Gasteiger charge is -2.19. The van der Waals surface area contributed by atoms with Crippen LogP contribution in [0.3, 0.4) is 0 Å². The molecule has 7 nitrogen and oxygen atoms in total. The Balaban J connectivity index is 1.57. The molecule has 178 valence electrons. The van der Waals surface area contributed by atoms with Crippen molar-refractivity contribution in [3.8, 4) is 10.6 Å². The van der Waals surface area contributed by atoms with Crippen LogP contribution in [0.4, 0.5) is 24.8 Å². The second-order valence-electron chi connectivity index (χ2n) is 7.72. The zero-order valence-electron chi connectivity index (χ0n) is 17.4. The van der Waals surface area contributed by atoms with Gasteiger partial charge in [-0.1, -0.05) is 11.6 Å². The van der Waals surface area contributed by atoms with Crippen LogP contribution < -0.4 is 16.0 Å². The van der Waals surface area contributed by atoms with Crippen molar-refractivity contribution in [3.63, 3.8) is 0 Å². The number of thiophene rings is 1. The Labute approximate surface area is 203 Å². The highest BCUT2D eigenvalue weighted by molar-refractivity contribution is 7.87. The van der Waals surface area contributed by atoms with E-state index in [-0.39, 0.29) is 32.9 Å². The second kappa shape index (κ2) is 8.91. The summed E-state index contributed by atoms with van der Waals surface area (Å²) < 4.78 is 54.1. The van der Waals surface area contributed by atoms with Gasteiger partial charge in [0.2, 0.25) is 5.95 Å². The van der Waals surface area contributed by atoms with Crippen LogP contribution in [0.2, 0.25) is 5.02 Å². The highest BCUT2D eigenvalue weighted by Gasteiger charge is 2.37. The van der Waals surface area contributed by atoms with Crippen LogP contribution in [0.1, 0.15) is 27.0 Å². The molecule has 0 bridgehead atoms. The third kappa shape index (κ3) is 4.42. The first-order chi connectivity index (χ1) is 16.2. The normalized spacial score (nSPS) is 18.0. The summed E-state index contributed by atoms with van der Waals surface area (Å²) in [5, 5.41) is 9.17. The second-order valence-corrected chi connectivity index (χ2v) is 10.9. The average Bonchev–Trinajstić information content (AvgIpc) is 3.19. The Bertz CT molecular complexity index is 1290. The van der Waals surface area contributed by atoms with Gasteiger partial charge in [-0.25, -0.2) is 9.97 Å². The molecule has 2 aliphatic rings. The molecule has 4 heterocycles. The zero-order valence-corrected chi connectivity index (χ0v) is 19.8. The number of nitrogens with one attached hydrogen (secondary N) is 3. The average molecular weight is 528 g/mol. The van der Waals surface area contributed by atoms with Gasteiger partial charge >= 0.3 is 6.18 Å². The monoisotopic (exact) mass is 527 g/mol. The molecule has 2 aromatic heterocycles. The van der Waals surface area contributed by atoms with Gasteiger partial charge in [0, 0.05) is 25.0 Å². The maximum atomic E-state index is 13.8. The molecule has 3 N–H and O–H groups in total. The van der Waals surface area contributed by atoms with Crippen LogP contribution in [0.5, 0.6) is 0 Å². The molecule has 0 saturated carbocycles. The zero-order chi connectivity index (χ0) is 24.0. The van der Waals surface area contributed by atoms with E-state index >= 15 is 0 Å². The first-order valence-corrected chi connectivity index (χ1v) is 12.8. The van der Waals surface area contributed by atoms with Gasteiger partial charge in [-0.15, -0.1) is 11.3 Å². The molecule has 1 atom stereocenters. The van der Waals surface area contributed by atoms with Crippen LogP contribution in [-0.2, 0) is 29.9 Å². The SMILES string of the molecule is O=C1NCCS(=O)c2sc(-c3nc(Nc4cc5c(cc4Cl)CNCC5)ncc3C(F)(F)F)cc21. The smallest absolute Gasteiger partial charge is 0.351 e. The van der Waals surface area contributed by atoms with Crippen molar-refractivity contribution in [1.82, 2.24) is 20.6 Å². The molecule has 0 fully saturated rings. The lowest BCUT2D eigenvalue weighted by atomic mass is 10.0. The van der Waals surface area contributed by atoms with Gasteiger partial charge in [0.05, 0.1) is 37.6 Å². The summed E-state index contributed by atoms with van der Waals surface area (Å²) in [6.07, 6.45) is -3.24. The summed E-state index contributed by atoms with van der Waals surface area (Å²) >= 11 is 7.25. The van der Waals surface area contributed by atoms with E-state index in [1.807, 2.05) is 6.07 Å². The molecule has 3 aromatic rings. The lowest BCUT2D eigenvalue weighted by molar-refractivity contribution is -0.137. The van der Waals surface area contributed by atoms with Gasteiger partial charge in [0.25, 0.3) is 5.91 Å². The summed E-state index contributed by atoms with van der Waals surface area (Å²) in [6.45, 7) is 1.73. The first kappa shape index (κ1) is 23.2. The Morgan fingerprint density at radius 2 is 2.00 bits per heavy atom. The van der Waals surface area contributed by atoms with Gasteiger partial charge in [-0.3, -0.25) is 9.00 Å². The molecule has 0 saturated heterocycles. The highest BCUT2D eigenvalue weighted by Crippen LogP contribution is 2.41. The van der Waals surface area contributed by atoms with Crippen molar-refractivity contribution in [1.29, 1.82) is 0 Å². The minimum absolute atomic E-state index is 0.0760. The summed E-state index contributed by atoms with van der Waals surface area (Å²) in [5.74, 6) is -0.360. The molecule has 0 radical (unpaired) electrons. The van der Waals surface area contributed by atoms with Crippen molar-refractivity contribution in [2.45, 2.75) is 23.4 Å². The van der Waals surface area contributed by atoms with Gasteiger partial charge < -0.3 is 16.0 Å². The maximum absolute atomic E-state index is 13.8. The molecular weight excluding hydrogens is 511 g/mol. The van der Waals surface area contributed by atoms with Crippen molar-refractivity contribution >= 4 is 51.3 Å². The molecule has 2 aliphatic heterocycles. The number of halogens is 4. The summed E-state index contributed by atoms with van der Waals surface area (Å²) in [5.41, 5.74) is 1.27. The summed E-state index contributed by atoms with van der Waals surface area (Å²) in [6, 6.07) is 4.96. The van der Waals surface area contributed by atoms with Crippen molar-refractivity contribution in [3.05, 3.63) is 51.7 Å². The fourth-order valence-corrected chi connectivity index (χ4v) is 6.70. The number of alkyl halides is 3. The van der Waals surface area contributed by atoms with E-state index in [0.29, 0.717) is 23.5 Å². The topological polar surface area (TPSA) is 96.0 Å². The standard InChI is InChI=1S/C21H17ClF3N5O2S2/c22-14-5-11-8-26-2-1-10(11)6-15(14)29-20-28-9-13(21(23,24)25)17(30-20)16-7-12-18(31)27-3-4-34(32)19(12)33-16/h5-7,9,26H,1-4,8H2,(H,27,31)(H,28,29,30). The molecule has 1 unspecified atom stereocenters. The number of carbonyl (C=O) groups excluding carboxylic acids is 1. The largest absolute Gasteiger partial charge is 0.420 e. The number of fused-ring (bicyclic) bond motifs is 2. The number of hydrogen-bond acceptors (Lipinski definition) is 7. The lowest BCUT2D eigenvalue weighted by Crippen LogP contribution is -2.24. The van der Waals surface area contributed by atoms with Gasteiger partial charge in [-0.2, -0.15) is 13.2 Å². The van der Waals surface area contributed by atoms with Crippen molar-refractivity contribution in [2.24, 2.45) is 0 Å². The molecule has 1 aromatic carbocycles. The molecule has 5 rings (SSSR count). The van der Waals surface area contributed by atoms with E-state index in [4.69, 9.17) is 11.6 Å². The number of hydrogen-bond donors (Lipinski definition) is 3. The Morgan fingerprint density at radius 1 is 1.18 bits per heavy atom. The van der Waals surface area contributed by atoms with Crippen LogP contribution in [-0.4, -0.2) is 38.9 Å². The number of rotatable bonds is 3. The van der Waals surface area contributed by atoms with Crippen LogP contribution in [0.15, 0.2) is 28.6 Å². The van der Waals surface area contributed by atoms with E-state index in [0.717, 1.165) is 35.4 Å². The van der Waals surface area contributed by atoms with Gasteiger partial charge in [0.1, 0.15) is 9.77 Å². The first-order valence-electron chi connectivity index (χ1n) is 10.2. The Kier molecular flexibility index (Phi) is 6.09. The number of aromatic nitrogens is 2. The minimum Gasteiger partial charge on any atom is -0.351 e. The van der Waals surface area contributed by atoms with Crippen molar-refractivity contribution < 1.29 is 22.2 Å². The van der Waals surface area contributed by atoms with Crippen LogP contribution >= 0.6 is 22.9 Å². The summed E-state index contributed by atoms with van der Waals surface area (Å²) in [4.78, 5) is 20.4. The molecule has 1 amide bonds. The maximum Gasteiger partial charge on any atom is 0.420 e. The predicted molar refractivity (Wildman–Crippen MR) is 124 cm³/mol. The van der Waals surface area contributed by atoms with E-state index < -0.39 is 34.1 Å². The third-order valence-corrected chi connectivity index (χ3v) is 8.74. The fourth-order valence-electron chi connectivity index (χ4n) is 3.82. The van der Waals surface area contributed by atoms with E-state index in [9.17, 15) is 22.2 Å². The van der Waals surface area contributed by atoms with E-state index in [1.54, 1.807) is 6.07 Å². The molecule has 34 heavy (non-hydrogen) atoms. The van der Waals surface area contributed by atoms with E-state index in [1.165, 1.54) is 6.07 Å². The van der Waals surface area contributed by atoms with Crippen LogP contribution in [0, 0.1) is 0 Å². The highest BCUT2D eigenvalue weighted by atomic mass is 35.5. The van der Waals surface area contributed by atoms with Crippen molar-refractivity contribution in [2.75, 3.05) is 24.2 Å².